The molecule has 0 aliphatic heterocycles. The zero-order chi connectivity index (χ0) is 15.4. The van der Waals surface area contributed by atoms with Crippen LogP contribution in [0.4, 0.5) is 0 Å². The summed E-state index contributed by atoms with van der Waals surface area (Å²) in [5.41, 5.74) is 0.970. The van der Waals surface area contributed by atoms with E-state index in [4.69, 9.17) is 4.43 Å². The van der Waals surface area contributed by atoms with Gasteiger partial charge in [0.2, 0.25) is 0 Å². The van der Waals surface area contributed by atoms with Crippen molar-refractivity contribution < 1.29 is 14.3 Å². The molecule has 1 unspecified atom stereocenters. The van der Waals surface area contributed by atoms with E-state index in [-0.39, 0.29) is 5.04 Å². The molecule has 0 radical (unpaired) electrons. The largest absolute Gasteiger partial charge is 0.479 e. The number of hydrogen-bond acceptors (Lipinski definition) is 2. The van der Waals surface area contributed by atoms with Crippen LogP contribution in [-0.4, -0.2) is 25.5 Å². The predicted molar refractivity (Wildman–Crippen MR) is 85.2 cm³/mol. The van der Waals surface area contributed by atoms with Crippen LogP contribution < -0.4 is 0 Å². The first-order valence-electron chi connectivity index (χ1n) is 6.77. The van der Waals surface area contributed by atoms with E-state index in [1.165, 1.54) is 0 Å². The summed E-state index contributed by atoms with van der Waals surface area (Å²) in [4.78, 5) is 11.4. The molecule has 0 saturated carbocycles. The van der Waals surface area contributed by atoms with Crippen molar-refractivity contribution in [2.45, 2.75) is 45.0 Å². The minimum absolute atomic E-state index is 0.0126. The number of carboxylic acid groups (broad SMARTS) is 1. The highest BCUT2D eigenvalue weighted by molar-refractivity contribution is 6.74. The molecule has 0 fully saturated rings. The van der Waals surface area contributed by atoms with Crippen molar-refractivity contribution in [3.63, 3.8) is 0 Å². The van der Waals surface area contributed by atoms with Crippen LogP contribution in [0.5, 0.6) is 0 Å². The van der Waals surface area contributed by atoms with Gasteiger partial charge in [0.05, 0.1) is 0 Å². The van der Waals surface area contributed by atoms with E-state index in [0.29, 0.717) is 0 Å². The molecule has 4 heteroatoms. The lowest BCUT2D eigenvalue weighted by Gasteiger charge is -2.37. The fraction of sp³-hybridized carbons (Fsp3) is 0.438. The van der Waals surface area contributed by atoms with Gasteiger partial charge in [-0.2, -0.15) is 0 Å². The minimum atomic E-state index is -2.10. The molecule has 1 N–H and O–H groups in total. The number of aliphatic carboxylic acids is 1. The predicted octanol–water partition coefficient (Wildman–Crippen LogP) is 4.17. The molecule has 1 atom stereocenters. The SMILES string of the molecule is CC(C)(C)[Si](C)(C)OC(C=Cc1ccccc1)C(=O)O. The van der Waals surface area contributed by atoms with Gasteiger partial charge in [-0.25, -0.2) is 4.79 Å². The summed E-state index contributed by atoms with van der Waals surface area (Å²) >= 11 is 0. The lowest BCUT2D eigenvalue weighted by molar-refractivity contribution is -0.143. The Labute approximate surface area is 122 Å². The average molecular weight is 292 g/mol. The summed E-state index contributed by atoms with van der Waals surface area (Å²) in [6.07, 6.45) is 2.53. The average Bonchev–Trinajstić information content (AvgIpc) is 2.34. The molecule has 20 heavy (non-hydrogen) atoms. The molecule has 1 aromatic carbocycles. The maximum atomic E-state index is 11.4. The van der Waals surface area contributed by atoms with Gasteiger partial charge in [0, 0.05) is 0 Å². The topological polar surface area (TPSA) is 46.5 Å². The van der Waals surface area contributed by atoms with Crippen LogP contribution in [0.15, 0.2) is 36.4 Å². The Kier molecular flexibility index (Phi) is 5.31. The van der Waals surface area contributed by atoms with Crippen molar-refractivity contribution in [3.8, 4) is 0 Å². The summed E-state index contributed by atoms with van der Waals surface area (Å²) in [5, 5.41) is 9.31. The van der Waals surface area contributed by atoms with Crippen LogP contribution in [0.2, 0.25) is 18.1 Å². The molecule has 1 aromatic rings. The van der Waals surface area contributed by atoms with Crippen LogP contribution in [0.25, 0.3) is 6.08 Å². The molecule has 0 aliphatic rings. The second kappa shape index (κ2) is 6.37. The molecule has 0 heterocycles. The zero-order valence-corrected chi connectivity index (χ0v) is 13.9. The monoisotopic (exact) mass is 292 g/mol. The minimum Gasteiger partial charge on any atom is -0.479 e. The number of carbonyl (C=O) groups is 1. The number of carboxylic acids is 1. The van der Waals surface area contributed by atoms with Crippen molar-refractivity contribution in [2.75, 3.05) is 0 Å². The van der Waals surface area contributed by atoms with Crippen LogP contribution >= 0.6 is 0 Å². The van der Waals surface area contributed by atoms with E-state index in [2.05, 4.69) is 33.9 Å². The van der Waals surface area contributed by atoms with Crippen molar-refractivity contribution in [2.24, 2.45) is 0 Å². The van der Waals surface area contributed by atoms with Gasteiger partial charge < -0.3 is 9.53 Å². The lowest BCUT2D eigenvalue weighted by atomic mass is 10.2. The molecule has 110 valence electrons. The Morgan fingerprint density at radius 3 is 2.25 bits per heavy atom. The second-order valence-corrected chi connectivity index (χ2v) is 11.2. The molecule has 1 rings (SSSR count). The Balaban J connectivity index is 2.86. The molecule has 3 nitrogen and oxygen atoms in total. The standard InChI is InChI=1S/C16H24O3Si/c1-16(2,3)20(4,5)19-14(15(17)18)12-11-13-9-7-6-8-10-13/h6-12,14H,1-5H3,(H,17,18). The van der Waals surface area contributed by atoms with E-state index in [0.717, 1.165) is 5.56 Å². The third-order valence-corrected chi connectivity index (χ3v) is 8.19. The van der Waals surface area contributed by atoms with Gasteiger partial charge in [-0.15, -0.1) is 0 Å². The van der Waals surface area contributed by atoms with E-state index in [1.807, 2.05) is 30.3 Å². The van der Waals surface area contributed by atoms with Crippen molar-refractivity contribution >= 4 is 20.4 Å². The van der Waals surface area contributed by atoms with E-state index in [9.17, 15) is 9.90 Å². The Hall–Kier alpha value is -1.39. The quantitative estimate of drug-likeness (QED) is 0.828. The molecule has 0 aromatic heterocycles. The van der Waals surface area contributed by atoms with E-state index in [1.54, 1.807) is 12.2 Å². The van der Waals surface area contributed by atoms with Crippen LogP contribution in [-0.2, 0) is 9.22 Å². The summed E-state index contributed by atoms with van der Waals surface area (Å²) in [6.45, 7) is 10.4. The highest BCUT2D eigenvalue weighted by Gasteiger charge is 2.40. The van der Waals surface area contributed by atoms with Gasteiger partial charge in [0.1, 0.15) is 0 Å². The van der Waals surface area contributed by atoms with Gasteiger partial charge in [0.15, 0.2) is 14.4 Å². The second-order valence-electron chi connectivity index (χ2n) is 6.41. The van der Waals surface area contributed by atoms with E-state index >= 15 is 0 Å². The highest BCUT2D eigenvalue weighted by atomic mass is 28.4. The molecule has 0 aliphatic carbocycles. The maximum Gasteiger partial charge on any atom is 0.335 e. The zero-order valence-electron chi connectivity index (χ0n) is 12.9. The number of hydrogen-bond donors (Lipinski definition) is 1. The normalized spacial score (nSPS) is 14.4. The van der Waals surface area contributed by atoms with Gasteiger partial charge >= 0.3 is 5.97 Å². The fourth-order valence-corrected chi connectivity index (χ4v) is 2.60. The smallest absolute Gasteiger partial charge is 0.335 e. The molecule has 0 spiro atoms. The maximum absolute atomic E-state index is 11.4. The lowest BCUT2D eigenvalue weighted by Crippen LogP contribution is -2.45. The molecule has 0 amide bonds. The van der Waals surface area contributed by atoms with Crippen LogP contribution in [0, 0.1) is 0 Å². The molecule has 0 saturated heterocycles. The first-order chi connectivity index (χ1) is 9.13. The van der Waals surface area contributed by atoms with Crippen LogP contribution in [0.1, 0.15) is 26.3 Å². The number of rotatable bonds is 5. The van der Waals surface area contributed by atoms with Crippen molar-refractivity contribution in [1.29, 1.82) is 0 Å². The van der Waals surface area contributed by atoms with Gasteiger partial charge in [-0.1, -0.05) is 57.2 Å². The van der Waals surface area contributed by atoms with Gasteiger partial charge in [-0.3, -0.25) is 0 Å². The molecule has 0 bridgehead atoms. The summed E-state index contributed by atoms with van der Waals surface area (Å²) < 4.78 is 5.94. The van der Waals surface area contributed by atoms with Gasteiger partial charge in [0.25, 0.3) is 0 Å². The molecular formula is C16H24O3Si. The summed E-state index contributed by atoms with van der Waals surface area (Å²) in [7, 11) is -2.10. The highest BCUT2D eigenvalue weighted by Crippen LogP contribution is 2.37. The Morgan fingerprint density at radius 2 is 1.80 bits per heavy atom. The number of benzene rings is 1. The first-order valence-corrected chi connectivity index (χ1v) is 9.68. The van der Waals surface area contributed by atoms with Gasteiger partial charge in [-0.05, 0) is 29.8 Å². The third-order valence-electron chi connectivity index (χ3n) is 3.73. The van der Waals surface area contributed by atoms with Crippen LogP contribution in [0.3, 0.4) is 0 Å². The summed E-state index contributed by atoms with van der Waals surface area (Å²) in [6, 6.07) is 9.63. The van der Waals surface area contributed by atoms with Crippen molar-refractivity contribution in [1.82, 2.24) is 0 Å². The fourth-order valence-electron chi connectivity index (χ4n) is 1.43. The van der Waals surface area contributed by atoms with E-state index < -0.39 is 20.4 Å². The Morgan fingerprint density at radius 1 is 1.25 bits per heavy atom. The Bertz CT molecular complexity index is 472. The van der Waals surface area contributed by atoms with Crippen molar-refractivity contribution in [3.05, 3.63) is 42.0 Å². The third kappa shape index (κ3) is 4.61. The molecular weight excluding hydrogens is 268 g/mol. The summed E-state index contributed by atoms with van der Waals surface area (Å²) in [5.74, 6) is -0.943. The first kappa shape index (κ1) is 16.7.